The molecule has 26 heavy (non-hydrogen) atoms. The summed E-state index contributed by atoms with van der Waals surface area (Å²) in [7, 11) is 0. The first kappa shape index (κ1) is 19.4. The summed E-state index contributed by atoms with van der Waals surface area (Å²) in [6.45, 7) is 8.92. The van der Waals surface area contributed by atoms with E-state index in [1.54, 1.807) is 18.2 Å². The molecule has 0 atom stereocenters. The zero-order valence-electron chi connectivity index (χ0n) is 15.7. The number of rotatable bonds is 8. The molecular formula is C20H26N2O4. The second kappa shape index (κ2) is 8.99. The quantitative estimate of drug-likeness (QED) is 0.696. The van der Waals surface area contributed by atoms with Crippen molar-refractivity contribution >= 4 is 17.3 Å². The zero-order valence-corrected chi connectivity index (χ0v) is 15.7. The summed E-state index contributed by atoms with van der Waals surface area (Å²) in [5, 5.41) is 2.83. The standard InChI is InChI=1S/C20H26N2O4/c1-5-24-17-11-14(12-18(25-6-2)19(17)26-7-3)20(23)22-16-9-8-13(4)10-15(16)21/h8-12H,5-7,21H2,1-4H3,(H,22,23). The van der Waals surface area contributed by atoms with Crippen molar-refractivity contribution in [2.45, 2.75) is 27.7 Å². The molecule has 0 aromatic heterocycles. The Labute approximate surface area is 154 Å². The highest BCUT2D eigenvalue weighted by atomic mass is 16.5. The average molecular weight is 358 g/mol. The molecule has 6 heteroatoms. The maximum Gasteiger partial charge on any atom is 0.255 e. The van der Waals surface area contributed by atoms with Gasteiger partial charge in [-0.25, -0.2) is 0 Å². The molecule has 0 saturated carbocycles. The molecule has 0 bridgehead atoms. The summed E-state index contributed by atoms with van der Waals surface area (Å²) in [6, 6.07) is 8.78. The van der Waals surface area contributed by atoms with Crippen molar-refractivity contribution in [3.63, 3.8) is 0 Å². The number of hydrogen-bond acceptors (Lipinski definition) is 5. The first-order chi connectivity index (χ1) is 12.5. The lowest BCUT2D eigenvalue weighted by molar-refractivity contribution is 0.102. The van der Waals surface area contributed by atoms with Crippen LogP contribution in [0.5, 0.6) is 17.2 Å². The molecular weight excluding hydrogens is 332 g/mol. The summed E-state index contributed by atoms with van der Waals surface area (Å²) in [4.78, 5) is 12.7. The van der Waals surface area contributed by atoms with Gasteiger partial charge in [0.15, 0.2) is 11.5 Å². The monoisotopic (exact) mass is 358 g/mol. The van der Waals surface area contributed by atoms with Gasteiger partial charge in [0.2, 0.25) is 5.75 Å². The molecule has 0 aliphatic rings. The minimum atomic E-state index is -0.300. The summed E-state index contributed by atoms with van der Waals surface area (Å²) in [5.41, 5.74) is 8.49. The number of nitrogen functional groups attached to an aromatic ring is 1. The van der Waals surface area contributed by atoms with E-state index in [4.69, 9.17) is 19.9 Å². The van der Waals surface area contributed by atoms with Gasteiger partial charge in [-0.1, -0.05) is 6.07 Å². The number of nitrogens with two attached hydrogens (primary N) is 1. The number of carbonyl (C=O) groups is 1. The van der Waals surface area contributed by atoms with Crippen LogP contribution in [0.1, 0.15) is 36.7 Å². The van der Waals surface area contributed by atoms with Crippen molar-refractivity contribution in [2.75, 3.05) is 30.9 Å². The van der Waals surface area contributed by atoms with E-state index in [0.717, 1.165) is 5.56 Å². The van der Waals surface area contributed by atoms with Gasteiger partial charge in [0, 0.05) is 5.56 Å². The Balaban J connectivity index is 2.38. The van der Waals surface area contributed by atoms with Crippen LogP contribution in [-0.4, -0.2) is 25.7 Å². The highest BCUT2D eigenvalue weighted by Crippen LogP contribution is 2.39. The van der Waals surface area contributed by atoms with Crippen molar-refractivity contribution in [2.24, 2.45) is 0 Å². The Hall–Kier alpha value is -2.89. The number of benzene rings is 2. The van der Waals surface area contributed by atoms with E-state index in [1.165, 1.54) is 0 Å². The molecule has 1 amide bonds. The molecule has 0 heterocycles. The van der Waals surface area contributed by atoms with E-state index in [9.17, 15) is 4.79 Å². The molecule has 2 rings (SSSR count). The van der Waals surface area contributed by atoms with Crippen LogP contribution in [0.25, 0.3) is 0 Å². The molecule has 0 aliphatic heterocycles. The Morgan fingerprint density at radius 1 is 0.962 bits per heavy atom. The van der Waals surface area contributed by atoms with Crippen LogP contribution in [0.3, 0.4) is 0 Å². The summed E-state index contributed by atoms with van der Waals surface area (Å²) < 4.78 is 17.0. The van der Waals surface area contributed by atoms with Gasteiger partial charge in [-0.05, 0) is 57.5 Å². The minimum Gasteiger partial charge on any atom is -0.490 e. The fraction of sp³-hybridized carbons (Fsp3) is 0.350. The number of anilines is 2. The Kier molecular flexibility index (Phi) is 6.72. The molecule has 0 radical (unpaired) electrons. The average Bonchev–Trinajstić information content (AvgIpc) is 2.60. The topological polar surface area (TPSA) is 82.8 Å². The van der Waals surface area contributed by atoms with Crippen molar-refractivity contribution in [1.29, 1.82) is 0 Å². The lowest BCUT2D eigenvalue weighted by atomic mass is 10.1. The summed E-state index contributed by atoms with van der Waals surface area (Å²) >= 11 is 0. The number of carbonyl (C=O) groups excluding carboxylic acids is 1. The molecule has 0 unspecified atom stereocenters. The first-order valence-electron chi connectivity index (χ1n) is 8.74. The molecule has 2 aromatic rings. The predicted octanol–water partition coefficient (Wildman–Crippen LogP) is 4.03. The number of ether oxygens (including phenoxy) is 3. The van der Waals surface area contributed by atoms with Crippen molar-refractivity contribution in [3.05, 3.63) is 41.5 Å². The maximum absolute atomic E-state index is 12.7. The second-order valence-electron chi connectivity index (χ2n) is 5.65. The molecule has 140 valence electrons. The smallest absolute Gasteiger partial charge is 0.255 e. The second-order valence-corrected chi connectivity index (χ2v) is 5.65. The molecule has 0 aliphatic carbocycles. The third-order valence-corrected chi connectivity index (χ3v) is 3.63. The van der Waals surface area contributed by atoms with E-state index in [-0.39, 0.29) is 5.91 Å². The van der Waals surface area contributed by atoms with Gasteiger partial charge in [-0.3, -0.25) is 4.79 Å². The third-order valence-electron chi connectivity index (χ3n) is 3.63. The minimum absolute atomic E-state index is 0.300. The molecule has 0 spiro atoms. The van der Waals surface area contributed by atoms with Crippen molar-refractivity contribution < 1.29 is 19.0 Å². The largest absolute Gasteiger partial charge is 0.490 e. The maximum atomic E-state index is 12.7. The lowest BCUT2D eigenvalue weighted by Crippen LogP contribution is -2.14. The van der Waals surface area contributed by atoms with Crippen LogP contribution in [0.15, 0.2) is 30.3 Å². The number of hydrogen-bond donors (Lipinski definition) is 2. The van der Waals surface area contributed by atoms with Crippen LogP contribution in [0, 0.1) is 6.92 Å². The SMILES string of the molecule is CCOc1cc(C(=O)Nc2ccc(C)cc2N)cc(OCC)c1OCC. The molecule has 2 aromatic carbocycles. The highest BCUT2D eigenvalue weighted by Gasteiger charge is 2.19. The van der Waals surface area contributed by atoms with E-state index in [1.807, 2.05) is 39.8 Å². The number of nitrogens with one attached hydrogen (secondary N) is 1. The van der Waals surface area contributed by atoms with Gasteiger partial charge < -0.3 is 25.3 Å². The highest BCUT2D eigenvalue weighted by molar-refractivity contribution is 6.06. The molecule has 3 N–H and O–H groups in total. The summed E-state index contributed by atoms with van der Waals surface area (Å²) in [6.07, 6.45) is 0. The summed E-state index contributed by atoms with van der Waals surface area (Å²) in [5.74, 6) is 1.15. The van der Waals surface area contributed by atoms with E-state index in [0.29, 0.717) is 54.0 Å². The molecule has 6 nitrogen and oxygen atoms in total. The van der Waals surface area contributed by atoms with Crippen LogP contribution in [-0.2, 0) is 0 Å². The lowest BCUT2D eigenvalue weighted by Gasteiger charge is -2.17. The van der Waals surface area contributed by atoms with E-state index >= 15 is 0 Å². The third kappa shape index (κ3) is 4.59. The predicted molar refractivity (Wildman–Crippen MR) is 103 cm³/mol. The van der Waals surface area contributed by atoms with Gasteiger partial charge in [-0.15, -0.1) is 0 Å². The van der Waals surface area contributed by atoms with Crippen molar-refractivity contribution in [1.82, 2.24) is 0 Å². The van der Waals surface area contributed by atoms with Gasteiger partial charge in [-0.2, -0.15) is 0 Å². The first-order valence-corrected chi connectivity index (χ1v) is 8.74. The Morgan fingerprint density at radius 3 is 2.04 bits per heavy atom. The van der Waals surface area contributed by atoms with E-state index in [2.05, 4.69) is 5.32 Å². The van der Waals surface area contributed by atoms with E-state index < -0.39 is 0 Å². The van der Waals surface area contributed by atoms with Crippen LogP contribution in [0.2, 0.25) is 0 Å². The number of amides is 1. The molecule has 0 saturated heterocycles. The van der Waals surface area contributed by atoms with Gasteiger partial charge in [0.1, 0.15) is 0 Å². The van der Waals surface area contributed by atoms with Gasteiger partial charge in [0.25, 0.3) is 5.91 Å². The molecule has 0 fully saturated rings. The Bertz CT molecular complexity index is 747. The van der Waals surface area contributed by atoms with Gasteiger partial charge in [0.05, 0.1) is 31.2 Å². The fourth-order valence-electron chi connectivity index (χ4n) is 2.51. The van der Waals surface area contributed by atoms with Crippen LogP contribution in [0.4, 0.5) is 11.4 Å². The zero-order chi connectivity index (χ0) is 19.1. The van der Waals surface area contributed by atoms with Crippen LogP contribution < -0.4 is 25.3 Å². The van der Waals surface area contributed by atoms with Crippen LogP contribution >= 0.6 is 0 Å². The Morgan fingerprint density at radius 2 is 1.54 bits per heavy atom. The normalized spacial score (nSPS) is 10.3. The van der Waals surface area contributed by atoms with Gasteiger partial charge >= 0.3 is 0 Å². The fourth-order valence-corrected chi connectivity index (χ4v) is 2.51. The number of aryl methyl sites for hydroxylation is 1. The van der Waals surface area contributed by atoms with Crippen molar-refractivity contribution in [3.8, 4) is 17.2 Å².